The monoisotopic (exact) mass is 490 g/mol. The van der Waals surface area contributed by atoms with Gasteiger partial charge in [-0.15, -0.1) is 0 Å². The average molecular weight is 491 g/mol. The van der Waals surface area contributed by atoms with E-state index >= 15 is 0 Å². The summed E-state index contributed by atoms with van der Waals surface area (Å²) in [5, 5.41) is 6.21. The van der Waals surface area contributed by atoms with Crippen molar-refractivity contribution in [1.82, 2.24) is 19.9 Å². The highest BCUT2D eigenvalue weighted by Gasteiger charge is 2.22. The van der Waals surface area contributed by atoms with Crippen LogP contribution < -0.4 is 21.9 Å². The van der Waals surface area contributed by atoms with Gasteiger partial charge in [-0.2, -0.15) is 0 Å². The van der Waals surface area contributed by atoms with Gasteiger partial charge in [0.25, 0.3) is 11.5 Å². The Morgan fingerprint density at radius 1 is 1.19 bits per heavy atom. The largest absolute Gasteiger partial charge is 0.469 e. The number of hydrogen-bond acceptors (Lipinski definition) is 8. The van der Waals surface area contributed by atoms with Gasteiger partial charge in [-0.1, -0.05) is 18.6 Å². The van der Waals surface area contributed by atoms with Gasteiger partial charge in [0.15, 0.2) is 0 Å². The van der Waals surface area contributed by atoms with E-state index in [9.17, 15) is 14.4 Å². The summed E-state index contributed by atoms with van der Waals surface area (Å²) in [4.78, 5) is 46.6. The van der Waals surface area contributed by atoms with Crippen LogP contribution in [0, 0.1) is 13.8 Å². The maximum absolute atomic E-state index is 13.4. The lowest BCUT2D eigenvalue weighted by Gasteiger charge is -2.23. The third-order valence-corrected chi connectivity index (χ3v) is 6.33. The number of anilines is 2. The standard InChI is InChI=1S/C26H30N6O4/c1-15-8-17(10-21(33)36-3)9-16(2)23(15)32-14-30-24(27)22(26(32)35)25(34)31-19-11-18(12-28-13-19)20-6-4-5-7-29-20/h8-9,11-14,20,29H,4-7,10,27H2,1-3H3,(H,31,34)/t20-/m1/s1. The highest BCUT2D eigenvalue weighted by atomic mass is 16.5. The number of rotatable bonds is 6. The van der Waals surface area contributed by atoms with Crippen molar-refractivity contribution in [2.75, 3.05) is 24.7 Å². The summed E-state index contributed by atoms with van der Waals surface area (Å²) in [5.41, 5.74) is 9.39. The van der Waals surface area contributed by atoms with E-state index in [-0.39, 0.29) is 29.8 Å². The lowest BCUT2D eigenvalue weighted by molar-refractivity contribution is -0.139. The molecule has 188 valence electrons. The third kappa shape index (κ3) is 5.28. The Hall–Kier alpha value is -4.05. The quantitative estimate of drug-likeness (QED) is 0.448. The van der Waals surface area contributed by atoms with Crippen LogP contribution in [0.4, 0.5) is 11.5 Å². The zero-order valence-electron chi connectivity index (χ0n) is 20.6. The molecule has 10 nitrogen and oxygen atoms in total. The molecule has 36 heavy (non-hydrogen) atoms. The molecule has 3 aromatic rings. The number of aromatic nitrogens is 3. The van der Waals surface area contributed by atoms with Crippen LogP contribution in [0.2, 0.25) is 0 Å². The second kappa shape index (κ2) is 10.7. The number of benzene rings is 1. The maximum atomic E-state index is 13.4. The number of nitrogens with zero attached hydrogens (tertiary/aromatic N) is 3. The van der Waals surface area contributed by atoms with Gasteiger partial charge in [0.05, 0.1) is 31.1 Å². The fraction of sp³-hybridized carbons (Fsp3) is 0.346. The van der Waals surface area contributed by atoms with Crippen LogP contribution in [-0.4, -0.2) is 40.1 Å². The molecule has 1 aliphatic rings. The molecule has 1 atom stereocenters. The summed E-state index contributed by atoms with van der Waals surface area (Å²) in [6.07, 6.45) is 7.99. The highest BCUT2D eigenvalue weighted by Crippen LogP contribution is 2.25. The number of pyridine rings is 1. The van der Waals surface area contributed by atoms with Crippen LogP contribution in [0.3, 0.4) is 0 Å². The van der Waals surface area contributed by atoms with Gasteiger partial charge in [0.1, 0.15) is 17.7 Å². The Labute approximate surface area is 208 Å². The molecule has 0 aliphatic carbocycles. The van der Waals surface area contributed by atoms with Crippen molar-refractivity contribution in [3.05, 3.63) is 75.1 Å². The van der Waals surface area contributed by atoms with E-state index in [1.54, 1.807) is 18.3 Å². The van der Waals surface area contributed by atoms with Gasteiger partial charge < -0.3 is 21.1 Å². The average Bonchev–Trinajstić information content (AvgIpc) is 2.85. The smallest absolute Gasteiger partial charge is 0.309 e. The maximum Gasteiger partial charge on any atom is 0.309 e. The number of ether oxygens (including phenoxy) is 1. The zero-order valence-corrected chi connectivity index (χ0v) is 20.6. The molecule has 1 aliphatic heterocycles. The summed E-state index contributed by atoms with van der Waals surface area (Å²) in [5.74, 6) is -1.18. The molecule has 0 saturated carbocycles. The van der Waals surface area contributed by atoms with Gasteiger partial charge in [-0.05, 0) is 61.6 Å². The van der Waals surface area contributed by atoms with Gasteiger partial charge in [-0.25, -0.2) is 4.98 Å². The van der Waals surface area contributed by atoms with Crippen LogP contribution >= 0.6 is 0 Å². The van der Waals surface area contributed by atoms with Crippen molar-refractivity contribution in [3.63, 3.8) is 0 Å². The predicted molar refractivity (Wildman–Crippen MR) is 136 cm³/mol. The van der Waals surface area contributed by atoms with Crippen molar-refractivity contribution in [2.24, 2.45) is 0 Å². The number of esters is 1. The summed E-state index contributed by atoms with van der Waals surface area (Å²) in [6.45, 7) is 4.58. The minimum Gasteiger partial charge on any atom is -0.469 e. The number of amides is 1. The Morgan fingerprint density at radius 3 is 2.61 bits per heavy atom. The van der Waals surface area contributed by atoms with E-state index in [1.807, 2.05) is 19.9 Å². The Kier molecular flexibility index (Phi) is 7.44. The molecule has 0 radical (unpaired) electrons. The molecule has 4 rings (SSSR count). The van der Waals surface area contributed by atoms with Gasteiger partial charge >= 0.3 is 5.97 Å². The lowest BCUT2D eigenvalue weighted by Crippen LogP contribution is -2.31. The van der Waals surface area contributed by atoms with E-state index in [0.29, 0.717) is 11.4 Å². The number of nitrogen functional groups attached to an aromatic ring is 1. The number of piperidine rings is 1. The van der Waals surface area contributed by atoms with Gasteiger partial charge in [0, 0.05) is 12.2 Å². The molecule has 1 amide bonds. The molecule has 2 aromatic heterocycles. The summed E-state index contributed by atoms with van der Waals surface area (Å²) in [7, 11) is 1.34. The Balaban J connectivity index is 1.64. The van der Waals surface area contributed by atoms with E-state index in [1.165, 1.54) is 24.2 Å². The second-order valence-electron chi connectivity index (χ2n) is 8.97. The first-order valence-corrected chi connectivity index (χ1v) is 11.8. The van der Waals surface area contributed by atoms with Crippen LogP contribution in [0.1, 0.15) is 57.9 Å². The molecule has 3 heterocycles. The van der Waals surface area contributed by atoms with E-state index < -0.39 is 11.5 Å². The van der Waals surface area contributed by atoms with Crippen LogP contribution in [0.15, 0.2) is 41.7 Å². The normalized spacial score (nSPS) is 15.4. The summed E-state index contributed by atoms with van der Waals surface area (Å²) >= 11 is 0. The number of nitrogens with one attached hydrogen (secondary N) is 2. The van der Waals surface area contributed by atoms with Crippen molar-refractivity contribution < 1.29 is 14.3 Å². The number of nitrogens with two attached hydrogens (primary N) is 1. The van der Waals surface area contributed by atoms with E-state index in [0.717, 1.165) is 48.1 Å². The number of methoxy groups -OCH3 is 1. The molecule has 0 bridgehead atoms. The van der Waals surface area contributed by atoms with E-state index in [4.69, 9.17) is 10.5 Å². The molecule has 1 saturated heterocycles. The van der Waals surface area contributed by atoms with Gasteiger partial charge in [0.2, 0.25) is 0 Å². The SMILES string of the molecule is COC(=O)Cc1cc(C)c(-n2cnc(N)c(C(=O)Nc3cncc([C@H]4CCCCN4)c3)c2=O)c(C)c1. The molecule has 10 heteroatoms. The van der Waals surface area contributed by atoms with Crippen molar-refractivity contribution in [1.29, 1.82) is 0 Å². The van der Waals surface area contributed by atoms with Crippen molar-refractivity contribution in [3.8, 4) is 5.69 Å². The first-order valence-electron chi connectivity index (χ1n) is 11.8. The molecular formula is C26H30N6O4. The molecule has 1 aromatic carbocycles. The molecule has 0 unspecified atom stereocenters. The fourth-order valence-corrected chi connectivity index (χ4v) is 4.65. The number of carbonyl (C=O) groups is 2. The first-order chi connectivity index (χ1) is 17.3. The topological polar surface area (TPSA) is 141 Å². The van der Waals surface area contributed by atoms with Crippen molar-refractivity contribution in [2.45, 2.75) is 45.6 Å². The number of hydrogen-bond donors (Lipinski definition) is 3. The van der Waals surface area contributed by atoms with Crippen LogP contribution in [-0.2, 0) is 16.0 Å². The van der Waals surface area contributed by atoms with Crippen LogP contribution in [0.25, 0.3) is 5.69 Å². The Bertz CT molecular complexity index is 1340. The molecule has 4 N–H and O–H groups in total. The fourth-order valence-electron chi connectivity index (χ4n) is 4.65. The molecule has 0 spiro atoms. The minimum absolute atomic E-state index is 0.116. The predicted octanol–water partition coefficient (Wildman–Crippen LogP) is 2.61. The Morgan fingerprint density at radius 2 is 1.94 bits per heavy atom. The third-order valence-electron chi connectivity index (χ3n) is 6.33. The van der Waals surface area contributed by atoms with Crippen LogP contribution in [0.5, 0.6) is 0 Å². The second-order valence-corrected chi connectivity index (χ2v) is 8.97. The van der Waals surface area contributed by atoms with Crippen molar-refractivity contribution >= 4 is 23.4 Å². The number of aryl methyl sites for hydroxylation is 2. The molecule has 1 fully saturated rings. The highest BCUT2D eigenvalue weighted by molar-refractivity contribution is 6.06. The first kappa shape index (κ1) is 25.1. The zero-order chi connectivity index (χ0) is 25.8. The summed E-state index contributed by atoms with van der Waals surface area (Å²) < 4.78 is 6.05. The molecular weight excluding hydrogens is 460 g/mol. The minimum atomic E-state index is -0.660. The number of carbonyl (C=O) groups excluding carboxylic acids is 2. The van der Waals surface area contributed by atoms with E-state index in [2.05, 4.69) is 20.6 Å². The van der Waals surface area contributed by atoms with Gasteiger partial charge in [-0.3, -0.25) is 23.9 Å². The lowest BCUT2D eigenvalue weighted by atomic mass is 9.99. The summed E-state index contributed by atoms with van der Waals surface area (Å²) in [6, 6.07) is 5.64.